The lowest BCUT2D eigenvalue weighted by Crippen LogP contribution is -2.30. The van der Waals surface area contributed by atoms with E-state index < -0.39 is 23.5 Å². The SMILES string of the molecule is CN(Cc1cscn1)C(CN)c1cc(F)c(F)c(F)c1. The number of nitrogens with zero attached hydrogens (tertiary/aromatic N) is 2. The van der Waals surface area contributed by atoms with Crippen LogP contribution in [0.1, 0.15) is 17.3 Å². The van der Waals surface area contributed by atoms with Crippen LogP contribution in [-0.2, 0) is 6.54 Å². The Balaban J connectivity index is 2.23. The van der Waals surface area contributed by atoms with Crippen LogP contribution >= 0.6 is 11.3 Å². The first-order valence-corrected chi connectivity index (χ1v) is 6.89. The van der Waals surface area contributed by atoms with Crippen molar-refractivity contribution in [2.24, 2.45) is 5.73 Å². The van der Waals surface area contributed by atoms with Crippen molar-refractivity contribution in [2.75, 3.05) is 13.6 Å². The lowest BCUT2D eigenvalue weighted by Gasteiger charge is -2.26. The maximum Gasteiger partial charge on any atom is 0.194 e. The van der Waals surface area contributed by atoms with Gasteiger partial charge in [-0.15, -0.1) is 11.3 Å². The highest BCUT2D eigenvalue weighted by molar-refractivity contribution is 7.07. The maximum atomic E-state index is 13.3. The Morgan fingerprint density at radius 1 is 1.30 bits per heavy atom. The molecule has 1 heterocycles. The molecule has 3 nitrogen and oxygen atoms in total. The molecule has 0 aliphatic carbocycles. The molecule has 0 fully saturated rings. The Labute approximate surface area is 118 Å². The fourth-order valence-electron chi connectivity index (χ4n) is 2.02. The lowest BCUT2D eigenvalue weighted by molar-refractivity contribution is 0.238. The van der Waals surface area contributed by atoms with Crippen molar-refractivity contribution in [2.45, 2.75) is 12.6 Å². The van der Waals surface area contributed by atoms with E-state index in [-0.39, 0.29) is 6.54 Å². The minimum Gasteiger partial charge on any atom is -0.329 e. The Hall–Kier alpha value is -1.44. The van der Waals surface area contributed by atoms with Gasteiger partial charge in [0.1, 0.15) is 0 Å². The van der Waals surface area contributed by atoms with Gasteiger partial charge in [0.2, 0.25) is 0 Å². The molecule has 0 saturated heterocycles. The smallest absolute Gasteiger partial charge is 0.194 e. The van der Waals surface area contributed by atoms with Crippen molar-refractivity contribution in [1.82, 2.24) is 9.88 Å². The van der Waals surface area contributed by atoms with Crippen LogP contribution in [-0.4, -0.2) is 23.5 Å². The van der Waals surface area contributed by atoms with Crippen LogP contribution in [0.4, 0.5) is 13.2 Å². The number of likely N-dealkylation sites (N-methyl/N-ethyl adjacent to an activating group) is 1. The molecule has 0 bridgehead atoms. The molecule has 1 unspecified atom stereocenters. The molecule has 20 heavy (non-hydrogen) atoms. The van der Waals surface area contributed by atoms with Crippen LogP contribution in [0.2, 0.25) is 0 Å². The standard InChI is InChI=1S/C13H14F3N3S/c1-19(5-9-6-20-7-18-9)12(4-17)8-2-10(14)13(16)11(15)3-8/h2-3,6-7,12H,4-5,17H2,1H3. The average Bonchev–Trinajstić information content (AvgIpc) is 2.89. The molecule has 1 aromatic carbocycles. The monoisotopic (exact) mass is 301 g/mol. The fourth-order valence-corrected chi connectivity index (χ4v) is 2.57. The van der Waals surface area contributed by atoms with Crippen molar-refractivity contribution >= 4 is 11.3 Å². The van der Waals surface area contributed by atoms with Crippen molar-refractivity contribution < 1.29 is 13.2 Å². The summed E-state index contributed by atoms with van der Waals surface area (Å²) in [6.45, 7) is 0.650. The molecule has 0 saturated carbocycles. The van der Waals surface area contributed by atoms with E-state index in [0.717, 1.165) is 17.8 Å². The topological polar surface area (TPSA) is 42.2 Å². The first-order chi connectivity index (χ1) is 9.52. The summed E-state index contributed by atoms with van der Waals surface area (Å²) in [7, 11) is 1.77. The number of thiazole rings is 1. The molecule has 108 valence electrons. The summed E-state index contributed by atoms with van der Waals surface area (Å²) < 4.78 is 39.6. The van der Waals surface area contributed by atoms with Crippen LogP contribution < -0.4 is 5.73 Å². The van der Waals surface area contributed by atoms with Gasteiger partial charge in [-0.3, -0.25) is 4.90 Å². The van der Waals surface area contributed by atoms with Gasteiger partial charge in [0.25, 0.3) is 0 Å². The molecule has 2 N–H and O–H groups in total. The summed E-state index contributed by atoms with van der Waals surface area (Å²) in [5.41, 5.74) is 8.53. The Morgan fingerprint density at radius 2 is 1.95 bits per heavy atom. The van der Waals surface area contributed by atoms with Gasteiger partial charge >= 0.3 is 0 Å². The van der Waals surface area contributed by atoms with E-state index in [0.29, 0.717) is 12.1 Å². The third kappa shape index (κ3) is 3.17. The number of hydrogen-bond acceptors (Lipinski definition) is 4. The van der Waals surface area contributed by atoms with Gasteiger partial charge in [-0.05, 0) is 24.7 Å². The molecule has 7 heteroatoms. The van der Waals surface area contributed by atoms with Crippen LogP contribution in [0, 0.1) is 17.5 Å². The zero-order valence-corrected chi connectivity index (χ0v) is 11.6. The van der Waals surface area contributed by atoms with Gasteiger partial charge < -0.3 is 5.73 Å². The molecular weight excluding hydrogens is 287 g/mol. The minimum atomic E-state index is -1.47. The number of halogens is 3. The molecule has 0 aliphatic heterocycles. The zero-order chi connectivity index (χ0) is 14.7. The first kappa shape index (κ1) is 15.0. The molecule has 0 amide bonds. The van der Waals surface area contributed by atoms with Crippen molar-refractivity contribution in [3.05, 3.63) is 51.7 Å². The van der Waals surface area contributed by atoms with E-state index >= 15 is 0 Å². The highest BCUT2D eigenvalue weighted by Gasteiger charge is 2.20. The van der Waals surface area contributed by atoms with Crippen LogP contribution in [0.15, 0.2) is 23.0 Å². The zero-order valence-electron chi connectivity index (χ0n) is 10.8. The lowest BCUT2D eigenvalue weighted by atomic mass is 10.0. The third-order valence-electron chi connectivity index (χ3n) is 3.04. The number of aromatic nitrogens is 1. The highest BCUT2D eigenvalue weighted by Crippen LogP contribution is 2.24. The molecule has 0 aliphatic rings. The van der Waals surface area contributed by atoms with E-state index in [4.69, 9.17) is 5.73 Å². The Morgan fingerprint density at radius 3 is 2.45 bits per heavy atom. The molecule has 1 atom stereocenters. The predicted octanol–water partition coefficient (Wildman–Crippen LogP) is 2.69. The highest BCUT2D eigenvalue weighted by atomic mass is 32.1. The van der Waals surface area contributed by atoms with Gasteiger partial charge in [0.05, 0.1) is 11.2 Å². The summed E-state index contributed by atoms with van der Waals surface area (Å²) in [6.07, 6.45) is 0. The number of hydrogen-bond donors (Lipinski definition) is 1. The number of rotatable bonds is 5. The van der Waals surface area contributed by atoms with Crippen molar-refractivity contribution in [3.8, 4) is 0 Å². The number of nitrogens with two attached hydrogens (primary N) is 1. The summed E-state index contributed by atoms with van der Waals surface area (Å²) in [5, 5.41) is 1.88. The van der Waals surface area contributed by atoms with Crippen molar-refractivity contribution in [1.29, 1.82) is 0 Å². The van der Waals surface area contributed by atoms with Crippen LogP contribution in [0.3, 0.4) is 0 Å². The molecule has 2 rings (SSSR count). The van der Waals surface area contributed by atoms with E-state index in [1.54, 1.807) is 12.6 Å². The van der Waals surface area contributed by atoms with E-state index in [1.165, 1.54) is 11.3 Å². The molecule has 0 spiro atoms. The summed E-state index contributed by atoms with van der Waals surface area (Å²) >= 11 is 1.46. The largest absolute Gasteiger partial charge is 0.329 e. The summed E-state index contributed by atoms with van der Waals surface area (Å²) in [4.78, 5) is 5.96. The maximum absolute atomic E-state index is 13.3. The minimum absolute atomic E-state index is 0.158. The van der Waals surface area contributed by atoms with Gasteiger partial charge in [0.15, 0.2) is 17.5 Å². The third-order valence-corrected chi connectivity index (χ3v) is 3.68. The molecule has 2 aromatic rings. The van der Waals surface area contributed by atoms with Crippen LogP contribution in [0.5, 0.6) is 0 Å². The van der Waals surface area contributed by atoms with Gasteiger partial charge in [-0.1, -0.05) is 0 Å². The van der Waals surface area contributed by atoms with E-state index in [1.807, 2.05) is 10.3 Å². The number of benzene rings is 1. The average molecular weight is 301 g/mol. The summed E-state index contributed by atoms with van der Waals surface area (Å²) in [6, 6.07) is 1.54. The van der Waals surface area contributed by atoms with Crippen molar-refractivity contribution in [3.63, 3.8) is 0 Å². The quantitative estimate of drug-likeness (QED) is 0.863. The second-order valence-corrected chi connectivity index (χ2v) is 5.16. The molecule has 1 aromatic heterocycles. The second kappa shape index (κ2) is 6.34. The Kier molecular flexibility index (Phi) is 4.74. The van der Waals surface area contributed by atoms with E-state index in [9.17, 15) is 13.2 Å². The first-order valence-electron chi connectivity index (χ1n) is 5.94. The predicted molar refractivity (Wildman–Crippen MR) is 71.7 cm³/mol. The van der Waals surface area contributed by atoms with Gasteiger partial charge in [-0.2, -0.15) is 0 Å². The summed E-state index contributed by atoms with van der Waals surface area (Å²) in [5.74, 6) is -3.88. The Bertz CT molecular complexity index is 551. The van der Waals surface area contributed by atoms with E-state index in [2.05, 4.69) is 4.98 Å². The van der Waals surface area contributed by atoms with Crippen LogP contribution in [0.25, 0.3) is 0 Å². The normalized spacial score (nSPS) is 12.9. The van der Waals surface area contributed by atoms with Gasteiger partial charge in [-0.25, -0.2) is 18.2 Å². The van der Waals surface area contributed by atoms with Gasteiger partial charge in [0, 0.05) is 24.5 Å². The fraction of sp³-hybridized carbons (Fsp3) is 0.308. The second-order valence-electron chi connectivity index (χ2n) is 4.44. The molecular formula is C13H14F3N3S. The molecule has 0 radical (unpaired) electrons.